The minimum absolute atomic E-state index is 0.0355. The number of aliphatic hydroxyl groups excluding tert-OH is 1. The first kappa shape index (κ1) is 21.6. The fourth-order valence-corrected chi connectivity index (χ4v) is 4.24. The predicted molar refractivity (Wildman–Crippen MR) is 130 cm³/mol. The van der Waals surface area contributed by atoms with Gasteiger partial charge in [-0.05, 0) is 37.2 Å². The van der Waals surface area contributed by atoms with Crippen molar-refractivity contribution in [3.63, 3.8) is 0 Å². The Morgan fingerprint density at radius 2 is 1.89 bits per heavy atom. The van der Waals surface area contributed by atoms with Gasteiger partial charge in [0.2, 0.25) is 5.43 Å². The Labute approximate surface area is 212 Å². The number of carboxylic acids is 3. The van der Waals surface area contributed by atoms with Gasteiger partial charge in [-0.25, -0.2) is 9.59 Å². The second-order valence-corrected chi connectivity index (χ2v) is 8.75. The SMILES string of the molecule is O=C(O)CC(O)C(=O)O.[2H]C1([2H])C(n2cc(C(=O)O)c(=O)c3ccc(N4C[C@@H](C)C[C@H](N)C4)c(OC)c32)C1([2H])[2H]. The van der Waals surface area contributed by atoms with Crippen LogP contribution in [-0.4, -0.2) is 75.2 Å². The van der Waals surface area contributed by atoms with Crippen molar-refractivity contribution in [3.05, 3.63) is 34.1 Å². The van der Waals surface area contributed by atoms with Crippen LogP contribution in [-0.2, 0) is 9.59 Å². The fraction of sp³-hybridized carbons (Fsp3) is 0.500. The highest BCUT2D eigenvalue weighted by molar-refractivity contribution is 5.97. The van der Waals surface area contributed by atoms with Gasteiger partial charge in [0.15, 0.2) is 11.9 Å². The zero-order chi connectivity index (χ0) is 30.3. The van der Waals surface area contributed by atoms with Crippen LogP contribution in [0.5, 0.6) is 5.75 Å². The van der Waals surface area contributed by atoms with E-state index in [1.54, 1.807) is 6.07 Å². The molecule has 3 atom stereocenters. The number of nitrogens with two attached hydrogens (primary N) is 1. The number of nitrogens with zero attached hydrogens (tertiary/aromatic N) is 2. The van der Waals surface area contributed by atoms with Gasteiger partial charge in [0, 0.05) is 36.9 Å². The van der Waals surface area contributed by atoms with E-state index in [9.17, 15) is 24.3 Å². The molecule has 36 heavy (non-hydrogen) atoms. The number of piperidine rings is 1. The molecule has 0 radical (unpaired) electrons. The van der Waals surface area contributed by atoms with Crippen molar-refractivity contribution >= 4 is 34.5 Å². The molecule has 1 aliphatic carbocycles. The molecule has 1 aliphatic heterocycles. The average molecular weight is 510 g/mol. The molecule has 1 unspecified atom stereocenters. The van der Waals surface area contributed by atoms with E-state index in [0.717, 1.165) is 12.6 Å². The molecule has 12 heteroatoms. The van der Waals surface area contributed by atoms with Gasteiger partial charge in [-0.15, -0.1) is 0 Å². The van der Waals surface area contributed by atoms with Crippen LogP contribution in [0.25, 0.3) is 10.9 Å². The summed E-state index contributed by atoms with van der Waals surface area (Å²) in [5.74, 6) is -3.71. The normalized spacial score (nSPS) is 24.7. The smallest absolute Gasteiger partial charge is 0.341 e. The first-order valence-electron chi connectivity index (χ1n) is 13.1. The number of carbonyl (C=O) groups is 3. The number of fused-ring (bicyclic) bond motifs is 1. The maximum absolute atomic E-state index is 12.9. The van der Waals surface area contributed by atoms with Gasteiger partial charge >= 0.3 is 17.9 Å². The first-order valence-corrected chi connectivity index (χ1v) is 11.1. The first-order chi connectivity index (χ1) is 18.4. The van der Waals surface area contributed by atoms with Crippen LogP contribution in [0.15, 0.2) is 23.1 Å². The molecule has 2 fully saturated rings. The lowest BCUT2D eigenvalue weighted by molar-refractivity contribution is -0.152. The molecular formula is C24H31N3O9. The van der Waals surface area contributed by atoms with E-state index in [1.165, 1.54) is 17.7 Å². The number of pyridine rings is 1. The highest BCUT2D eigenvalue weighted by Crippen LogP contribution is 2.43. The van der Waals surface area contributed by atoms with E-state index in [4.69, 9.17) is 31.3 Å². The van der Waals surface area contributed by atoms with E-state index in [-0.39, 0.29) is 22.7 Å². The molecule has 0 spiro atoms. The Morgan fingerprint density at radius 3 is 2.36 bits per heavy atom. The van der Waals surface area contributed by atoms with Crippen LogP contribution in [0.3, 0.4) is 0 Å². The molecule has 4 rings (SSSR count). The number of carboxylic acid groups (broad SMARTS) is 3. The molecule has 0 bridgehead atoms. The van der Waals surface area contributed by atoms with Crippen molar-refractivity contribution < 1.29 is 45.0 Å². The van der Waals surface area contributed by atoms with Crippen LogP contribution < -0.4 is 20.8 Å². The molecule has 2 aliphatic rings. The third-order valence-electron chi connectivity index (χ3n) is 5.80. The maximum atomic E-state index is 12.9. The molecule has 1 saturated heterocycles. The van der Waals surface area contributed by atoms with E-state index in [1.807, 2.05) is 4.90 Å². The summed E-state index contributed by atoms with van der Waals surface area (Å²) in [6.07, 6.45) is -5.10. The molecule has 2 heterocycles. The summed E-state index contributed by atoms with van der Waals surface area (Å²) in [6.45, 7) is 3.36. The lowest BCUT2D eigenvalue weighted by atomic mass is 9.95. The van der Waals surface area contributed by atoms with Gasteiger partial charge in [-0.3, -0.25) is 9.59 Å². The Morgan fingerprint density at radius 1 is 1.22 bits per heavy atom. The molecule has 1 aromatic carbocycles. The van der Waals surface area contributed by atoms with Gasteiger partial charge in [0.05, 0.1) is 30.1 Å². The van der Waals surface area contributed by atoms with Crippen LogP contribution in [0, 0.1) is 5.92 Å². The zero-order valence-electron chi connectivity index (χ0n) is 23.7. The van der Waals surface area contributed by atoms with Crippen LogP contribution >= 0.6 is 0 Å². The number of ether oxygens (including phenoxy) is 1. The number of rotatable bonds is 7. The van der Waals surface area contributed by atoms with Gasteiger partial charge in [0.1, 0.15) is 5.56 Å². The van der Waals surface area contributed by atoms with E-state index >= 15 is 0 Å². The predicted octanol–water partition coefficient (Wildman–Crippen LogP) is 1.12. The van der Waals surface area contributed by atoms with Crippen LogP contribution in [0.1, 0.15) is 54.4 Å². The van der Waals surface area contributed by atoms with Crippen molar-refractivity contribution in [2.75, 3.05) is 25.1 Å². The van der Waals surface area contributed by atoms with Gasteiger partial charge < -0.3 is 40.4 Å². The topological polar surface area (TPSA) is 193 Å². The fourth-order valence-electron chi connectivity index (χ4n) is 4.24. The summed E-state index contributed by atoms with van der Waals surface area (Å²) >= 11 is 0. The Balaban J connectivity index is 0.000000424. The number of methoxy groups -OCH3 is 1. The number of anilines is 1. The van der Waals surface area contributed by atoms with Crippen molar-refractivity contribution in [1.29, 1.82) is 0 Å². The molecule has 1 saturated carbocycles. The quantitative estimate of drug-likeness (QED) is 0.359. The van der Waals surface area contributed by atoms with E-state index in [2.05, 4.69) is 6.92 Å². The lowest BCUT2D eigenvalue weighted by Crippen LogP contribution is -2.46. The summed E-state index contributed by atoms with van der Waals surface area (Å²) < 4.78 is 39.1. The highest BCUT2D eigenvalue weighted by Gasteiger charge is 2.31. The van der Waals surface area contributed by atoms with Crippen molar-refractivity contribution in [2.24, 2.45) is 11.7 Å². The summed E-state index contributed by atoms with van der Waals surface area (Å²) in [5, 5.41) is 33.7. The molecule has 2 aromatic rings. The molecule has 196 valence electrons. The minimum Gasteiger partial charge on any atom is -0.492 e. The number of aromatic carboxylic acids is 1. The molecular weight excluding hydrogens is 474 g/mol. The summed E-state index contributed by atoms with van der Waals surface area (Å²) in [6, 6.07) is 1.83. The molecule has 0 amide bonds. The van der Waals surface area contributed by atoms with E-state index in [0.29, 0.717) is 24.7 Å². The Kier molecular flexibility index (Phi) is 6.58. The lowest BCUT2D eigenvalue weighted by Gasteiger charge is -2.37. The standard InChI is InChI=1S/C20H25N3O4.C4H6O5/c1-11-7-12(21)9-22(8-11)16-6-5-14-17(19(16)27-2)23(13-3-4-13)10-15(18(14)24)20(25)26;5-2(4(8)9)1-3(6)7/h5-6,10-13H,3-4,7-9,21H2,1-2H3,(H,25,26);2,5H,1H2,(H,6,7)(H,8,9)/t11-,12-;/m0./s1/i3D2,4D2;. The van der Waals surface area contributed by atoms with Gasteiger partial charge in [0.25, 0.3) is 0 Å². The Hall–Kier alpha value is -3.64. The largest absolute Gasteiger partial charge is 0.492 e. The summed E-state index contributed by atoms with van der Waals surface area (Å²) in [4.78, 5) is 46.0. The third kappa shape index (κ3) is 5.94. The average Bonchev–Trinajstić information content (AvgIpc) is 3.25. The Bertz CT molecular complexity index is 1370. The van der Waals surface area contributed by atoms with E-state index < -0.39 is 60.2 Å². The van der Waals surface area contributed by atoms with Crippen molar-refractivity contribution in [3.8, 4) is 5.75 Å². The summed E-state index contributed by atoms with van der Waals surface area (Å²) in [7, 11) is 1.42. The second kappa shape index (κ2) is 11.0. The number of hydrogen-bond donors (Lipinski definition) is 5. The van der Waals surface area contributed by atoms with Gasteiger partial charge in [-0.2, -0.15) is 0 Å². The minimum atomic E-state index is -2.23. The number of aromatic nitrogens is 1. The van der Waals surface area contributed by atoms with Crippen LogP contribution in [0.2, 0.25) is 0 Å². The molecule has 6 N–H and O–H groups in total. The van der Waals surface area contributed by atoms with Crippen molar-refractivity contribution in [1.82, 2.24) is 4.57 Å². The third-order valence-corrected chi connectivity index (χ3v) is 5.80. The number of aliphatic carboxylic acids is 2. The molecule has 12 nitrogen and oxygen atoms in total. The second-order valence-electron chi connectivity index (χ2n) is 8.75. The molecule has 1 aromatic heterocycles. The van der Waals surface area contributed by atoms with Crippen molar-refractivity contribution in [2.45, 2.75) is 50.7 Å². The van der Waals surface area contributed by atoms with Crippen LogP contribution in [0.4, 0.5) is 5.69 Å². The number of benzene rings is 1. The monoisotopic (exact) mass is 509 g/mol. The number of hydrogen-bond acceptors (Lipinski definition) is 8. The summed E-state index contributed by atoms with van der Waals surface area (Å²) in [5.41, 5.74) is 5.74. The van der Waals surface area contributed by atoms with Gasteiger partial charge in [-0.1, -0.05) is 6.92 Å². The maximum Gasteiger partial charge on any atom is 0.341 e. The number of aliphatic hydroxyl groups is 1. The highest BCUT2D eigenvalue weighted by atomic mass is 16.5. The zero-order valence-corrected chi connectivity index (χ0v) is 19.7.